The molecule has 1 atom stereocenters. The standard InChI is InChI=1S/C13H13N2O3P/c14-11-5-1-9(2-6-11)13(18-19(16)17)10-3-7-12(15)8-4-10/h1-8,13H,14-15H2/p+1. The number of nitrogens with two attached hydrogens (primary N) is 2. The van der Waals surface area contributed by atoms with Crippen molar-refractivity contribution in [1.29, 1.82) is 0 Å². The highest BCUT2D eigenvalue weighted by atomic mass is 31.1. The van der Waals surface area contributed by atoms with Crippen LogP contribution in [0, 0.1) is 0 Å². The quantitative estimate of drug-likeness (QED) is 0.589. The van der Waals surface area contributed by atoms with Crippen molar-refractivity contribution in [3.8, 4) is 0 Å². The molecule has 2 rings (SSSR count). The lowest BCUT2D eigenvalue weighted by Gasteiger charge is -2.11. The fourth-order valence-electron chi connectivity index (χ4n) is 1.75. The number of benzene rings is 2. The van der Waals surface area contributed by atoms with Crippen molar-refractivity contribution in [1.82, 2.24) is 0 Å². The van der Waals surface area contributed by atoms with Crippen molar-refractivity contribution < 1.29 is 14.0 Å². The largest absolute Gasteiger partial charge is 0.695 e. The van der Waals surface area contributed by atoms with Gasteiger partial charge in [-0.25, -0.2) is 0 Å². The summed E-state index contributed by atoms with van der Waals surface area (Å²) in [5.41, 5.74) is 14.0. The Bertz CT molecular complexity index is 524. The molecule has 98 valence electrons. The minimum atomic E-state index is -2.71. The van der Waals surface area contributed by atoms with Gasteiger partial charge in [0.1, 0.15) is 0 Å². The van der Waals surface area contributed by atoms with Crippen molar-refractivity contribution >= 4 is 19.6 Å². The molecule has 0 heterocycles. The molecule has 5 N–H and O–H groups in total. The molecule has 0 aliphatic carbocycles. The maximum atomic E-state index is 11.0. The summed E-state index contributed by atoms with van der Waals surface area (Å²) in [5, 5.41) is 0. The third-order valence-corrected chi connectivity index (χ3v) is 3.07. The molecule has 0 saturated heterocycles. The highest BCUT2D eigenvalue weighted by molar-refractivity contribution is 7.32. The molecular formula is C13H14N2O3P+. The van der Waals surface area contributed by atoms with E-state index in [0.717, 1.165) is 11.1 Å². The Morgan fingerprint density at radius 2 is 1.26 bits per heavy atom. The van der Waals surface area contributed by atoms with Gasteiger partial charge in [-0.05, 0) is 35.4 Å². The lowest BCUT2D eigenvalue weighted by Crippen LogP contribution is -2.03. The molecule has 0 saturated carbocycles. The van der Waals surface area contributed by atoms with E-state index in [2.05, 4.69) is 0 Å². The summed E-state index contributed by atoms with van der Waals surface area (Å²) in [5.74, 6) is 0. The van der Waals surface area contributed by atoms with E-state index in [1.165, 1.54) is 0 Å². The third kappa shape index (κ3) is 3.51. The predicted molar refractivity (Wildman–Crippen MR) is 74.5 cm³/mol. The van der Waals surface area contributed by atoms with Crippen molar-refractivity contribution in [2.45, 2.75) is 6.10 Å². The topological polar surface area (TPSA) is 98.6 Å². The summed E-state index contributed by atoms with van der Waals surface area (Å²) < 4.78 is 16.1. The van der Waals surface area contributed by atoms with Crippen LogP contribution in [-0.2, 0) is 9.09 Å². The second kappa shape index (κ2) is 5.80. The van der Waals surface area contributed by atoms with Crippen LogP contribution in [0.1, 0.15) is 17.2 Å². The minimum absolute atomic E-state index is 0.619. The fourth-order valence-corrected chi connectivity index (χ4v) is 2.17. The first-order valence-electron chi connectivity index (χ1n) is 5.60. The highest BCUT2D eigenvalue weighted by Gasteiger charge is 2.26. The summed E-state index contributed by atoms with van der Waals surface area (Å²) in [7, 11) is -2.71. The van der Waals surface area contributed by atoms with E-state index in [1.807, 2.05) is 0 Å². The Kier molecular flexibility index (Phi) is 4.12. The molecule has 0 aromatic heterocycles. The number of hydrogen-bond acceptors (Lipinski definition) is 4. The van der Waals surface area contributed by atoms with E-state index in [1.54, 1.807) is 48.5 Å². The zero-order valence-electron chi connectivity index (χ0n) is 10.1. The second-order valence-corrected chi connectivity index (χ2v) is 4.74. The van der Waals surface area contributed by atoms with Gasteiger partial charge in [0.2, 0.25) is 0 Å². The van der Waals surface area contributed by atoms with Gasteiger partial charge < -0.3 is 11.5 Å². The van der Waals surface area contributed by atoms with Crippen LogP contribution in [0.3, 0.4) is 0 Å². The van der Waals surface area contributed by atoms with E-state index in [0.29, 0.717) is 11.4 Å². The molecule has 0 amide bonds. The Hall–Kier alpha value is -1.94. The zero-order chi connectivity index (χ0) is 13.8. The number of hydrogen-bond donors (Lipinski definition) is 3. The Labute approximate surface area is 111 Å². The van der Waals surface area contributed by atoms with E-state index in [4.69, 9.17) is 20.9 Å². The van der Waals surface area contributed by atoms with Gasteiger partial charge in [0.05, 0.1) is 0 Å². The summed E-state index contributed by atoms with van der Waals surface area (Å²) >= 11 is 0. The summed E-state index contributed by atoms with van der Waals surface area (Å²) in [6.45, 7) is 0. The fraction of sp³-hybridized carbons (Fsp3) is 0.0769. The lowest BCUT2D eigenvalue weighted by molar-refractivity contribution is 0.226. The lowest BCUT2D eigenvalue weighted by atomic mass is 10.0. The first-order valence-corrected chi connectivity index (χ1v) is 6.73. The molecular weight excluding hydrogens is 263 g/mol. The molecule has 0 fully saturated rings. The molecule has 0 aliphatic heterocycles. The van der Waals surface area contributed by atoms with Gasteiger partial charge in [-0.1, -0.05) is 24.3 Å². The molecule has 0 spiro atoms. The van der Waals surface area contributed by atoms with Gasteiger partial charge in [0, 0.05) is 15.9 Å². The molecule has 0 radical (unpaired) electrons. The molecule has 2 aromatic carbocycles. The second-order valence-electron chi connectivity index (χ2n) is 4.06. The molecule has 0 aliphatic rings. The number of nitrogen functional groups attached to an aromatic ring is 2. The highest BCUT2D eigenvalue weighted by Crippen LogP contribution is 2.34. The van der Waals surface area contributed by atoms with Crippen molar-refractivity contribution in [2.24, 2.45) is 0 Å². The number of anilines is 2. The van der Waals surface area contributed by atoms with Crippen LogP contribution in [0.15, 0.2) is 48.5 Å². The summed E-state index contributed by atoms with van der Waals surface area (Å²) in [4.78, 5) is 8.99. The molecule has 19 heavy (non-hydrogen) atoms. The molecule has 6 heteroatoms. The SMILES string of the molecule is Nc1ccc(C(O[P+](=O)O)c2ccc(N)cc2)cc1. The van der Waals surface area contributed by atoms with Gasteiger partial charge in [0.25, 0.3) is 0 Å². The summed E-state index contributed by atoms with van der Waals surface area (Å²) in [6.07, 6.45) is -0.630. The normalized spacial score (nSPS) is 11.6. The van der Waals surface area contributed by atoms with Crippen molar-refractivity contribution in [3.05, 3.63) is 59.7 Å². The van der Waals surface area contributed by atoms with Gasteiger partial charge in [-0.15, -0.1) is 9.42 Å². The molecule has 5 nitrogen and oxygen atoms in total. The van der Waals surface area contributed by atoms with Gasteiger partial charge in [0.15, 0.2) is 6.10 Å². The monoisotopic (exact) mass is 277 g/mol. The van der Waals surface area contributed by atoms with Crippen molar-refractivity contribution in [2.75, 3.05) is 11.5 Å². The van der Waals surface area contributed by atoms with Crippen LogP contribution in [0.2, 0.25) is 0 Å². The van der Waals surface area contributed by atoms with Crippen LogP contribution in [0.25, 0.3) is 0 Å². The average Bonchev–Trinajstić information content (AvgIpc) is 2.38. The Balaban J connectivity index is 2.37. The average molecular weight is 277 g/mol. The minimum Gasteiger partial charge on any atom is -0.399 e. The predicted octanol–water partition coefficient (Wildman–Crippen LogP) is 2.61. The van der Waals surface area contributed by atoms with Gasteiger partial charge in [-0.3, -0.25) is 0 Å². The third-order valence-electron chi connectivity index (χ3n) is 2.67. The summed E-state index contributed by atoms with van der Waals surface area (Å²) in [6, 6.07) is 13.9. The van der Waals surface area contributed by atoms with Gasteiger partial charge >= 0.3 is 8.25 Å². The smallest absolute Gasteiger partial charge is 0.399 e. The van der Waals surface area contributed by atoms with E-state index in [-0.39, 0.29) is 0 Å². The van der Waals surface area contributed by atoms with E-state index < -0.39 is 14.4 Å². The Morgan fingerprint density at radius 1 is 0.895 bits per heavy atom. The zero-order valence-corrected chi connectivity index (χ0v) is 11.0. The van der Waals surface area contributed by atoms with Crippen LogP contribution in [0.4, 0.5) is 11.4 Å². The molecule has 0 bridgehead atoms. The van der Waals surface area contributed by atoms with E-state index >= 15 is 0 Å². The first-order chi connectivity index (χ1) is 9.06. The van der Waals surface area contributed by atoms with E-state index in [9.17, 15) is 4.57 Å². The van der Waals surface area contributed by atoms with Crippen LogP contribution in [-0.4, -0.2) is 4.89 Å². The van der Waals surface area contributed by atoms with Gasteiger partial charge in [-0.2, -0.15) is 0 Å². The maximum Gasteiger partial charge on any atom is 0.695 e. The molecule has 1 unspecified atom stereocenters. The first kappa shape index (κ1) is 13.5. The molecule has 2 aromatic rings. The van der Waals surface area contributed by atoms with Crippen LogP contribution < -0.4 is 11.5 Å². The maximum absolute atomic E-state index is 11.0. The van der Waals surface area contributed by atoms with Crippen LogP contribution in [0.5, 0.6) is 0 Å². The Morgan fingerprint density at radius 3 is 1.58 bits per heavy atom. The van der Waals surface area contributed by atoms with Crippen molar-refractivity contribution in [3.63, 3.8) is 0 Å². The van der Waals surface area contributed by atoms with Crippen LogP contribution >= 0.6 is 8.25 Å². The number of rotatable bonds is 4.